The summed E-state index contributed by atoms with van der Waals surface area (Å²) in [5.74, 6) is 0.411. The summed E-state index contributed by atoms with van der Waals surface area (Å²) in [6, 6.07) is 24.6. The third kappa shape index (κ3) is 6.23. The lowest BCUT2D eigenvalue weighted by Gasteiger charge is -2.14. The van der Waals surface area contributed by atoms with Gasteiger partial charge in [0, 0.05) is 18.5 Å². The summed E-state index contributed by atoms with van der Waals surface area (Å²) in [4.78, 5) is 29.7. The lowest BCUT2D eigenvalue weighted by atomic mass is 9.93. The molecular formula is C34H32N6O5. The van der Waals surface area contributed by atoms with Crippen LogP contribution in [-0.2, 0) is 30.7 Å². The number of aromatic nitrogens is 6. The van der Waals surface area contributed by atoms with Gasteiger partial charge in [0.05, 0.1) is 5.69 Å². The topological polar surface area (TPSA) is 142 Å². The minimum absolute atomic E-state index is 0.179. The molecule has 0 aliphatic heterocycles. The highest BCUT2D eigenvalue weighted by Crippen LogP contribution is 2.34. The highest BCUT2D eigenvalue weighted by Gasteiger charge is 2.24. The first-order chi connectivity index (χ1) is 21.9. The lowest BCUT2D eigenvalue weighted by Crippen LogP contribution is -2.16. The molecule has 0 amide bonds. The zero-order chi connectivity index (χ0) is 31.3. The van der Waals surface area contributed by atoms with Crippen molar-refractivity contribution >= 4 is 5.97 Å². The van der Waals surface area contributed by atoms with E-state index in [0.29, 0.717) is 36.6 Å². The zero-order valence-electron chi connectivity index (χ0n) is 25.2. The molecule has 0 saturated heterocycles. The zero-order valence-corrected chi connectivity index (χ0v) is 25.2. The predicted molar refractivity (Wildman–Crippen MR) is 166 cm³/mol. The molecule has 0 saturated carbocycles. The molecule has 0 bridgehead atoms. The third-order valence-corrected chi connectivity index (χ3v) is 7.61. The summed E-state index contributed by atoms with van der Waals surface area (Å²) >= 11 is 0. The van der Waals surface area contributed by atoms with E-state index in [1.165, 1.54) is 0 Å². The van der Waals surface area contributed by atoms with Crippen LogP contribution in [0.4, 0.5) is 0 Å². The normalized spacial score (nSPS) is 11.2. The number of carbonyl (C=O) groups is 1. The average molecular weight is 605 g/mol. The van der Waals surface area contributed by atoms with E-state index in [-0.39, 0.29) is 18.1 Å². The Kier molecular flexibility index (Phi) is 8.50. The number of imidazole rings is 1. The van der Waals surface area contributed by atoms with Crippen LogP contribution in [0.5, 0.6) is 0 Å². The van der Waals surface area contributed by atoms with Crippen molar-refractivity contribution in [1.29, 1.82) is 0 Å². The van der Waals surface area contributed by atoms with Crippen LogP contribution < -0.4 is 5.82 Å². The number of nitrogens with zero attached hydrogens (tertiary/aromatic N) is 5. The molecule has 0 radical (unpaired) electrons. The van der Waals surface area contributed by atoms with Gasteiger partial charge in [0.2, 0.25) is 5.82 Å². The molecule has 0 fully saturated rings. The van der Waals surface area contributed by atoms with E-state index in [9.17, 15) is 9.59 Å². The number of hydrogen-bond acceptors (Lipinski definition) is 9. The number of hydrogen-bond donors (Lipinski definition) is 1. The summed E-state index contributed by atoms with van der Waals surface area (Å²) < 4.78 is 17.4. The summed E-state index contributed by atoms with van der Waals surface area (Å²) in [5, 5.41) is 14.8. The molecule has 11 nitrogen and oxygen atoms in total. The minimum Gasteiger partial charge on any atom is -0.453 e. The molecule has 45 heavy (non-hydrogen) atoms. The van der Waals surface area contributed by atoms with Crippen molar-refractivity contribution in [1.82, 2.24) is 30.2 Å². The van der Waals surface area contributed by atoms with Crippen LogP contribution in [0.25, 0.3) is 33.6 Å². The van der Waals surface area contributed by atoms with E-state index in [1.54, 1.807) is 6.92 Å². The van der Waals surface area contributed by atoms with Gasteiger partial charge < -0.3 is 18.1 Å². The Morgan fingerprint density at radius 2 is 1.71 bits per heavy atom. The molecule has 1 N–H and O–H groups in total. The van der Waals surface area contributed by atoms with Crippen molar-refractivity contribution in [2.45, 2.75) is 53.2 Å². The van der Waals surface area contributed by atoms with Gasteiger partial charge in [-0.05, 0) is 64.9 Å². The van der Waals surface area contributed by atoms with Crippen molar-refractivity contribution in [3.8, 4) is 33.6 Å². The molecule has 0 spiro atoms. The molecule has 228 valence electrons. The van der Waals surface area contributed by atoms with Crippen molar-refractivity contribution in [3.05, 3.63) is 118 Å². The van der Waals surface area contributed by atoms with Crippen LogP contribution in [0.3, 0.4) is 0 Å². The standard InChI is InChI=1S/C34H32N6O5/c1-4-9-30-35-28(5-2)31(33(41)43-20-29-21(3)44-34(42)45-29)40(30)19-22-12-14-24(15-13-22)27-18-25(23-10-7-6-8-11-23)16-17-26(27)32-36-38-39-37-32/h6-8,10-18H,4-5,9,19-20H2,1-3H3,(H,36,37,38,39). The van der Waals surface area contributed by atoms with E-state index in [2.05, 4.69) is 63.9 Å². The lowest BCUT2D eigenvalue weighted by molar-refractivity contribution is 0.0429. The SMILES string of the molecule is CCCc1nc(CC)c(C(=O)OCc2oc(=O)oc2C)n1Cc1ccc(-c2cc(-c3ccccc3)ccc2-c2nn[nH]n2)cc1. The number of tetrazole rings is 1. The third-order valence-electron chi connectivity index (χ3n) is 7.61. The van der Waals surface area contributed by atoms with E-state index in [1.807, 2.05) is 47.9 Å². The number of esters is 1. The Labute approximate surface area is 258 Å². The maximum Gasteiger partial charge on any atom is 0.519 e. The van der Waals surface area contributed by atoms with Crippen LogP contribution in [0.2, 0.25) is 0 Å². The van der Waals surface area contributed by atoms with E-state index >= 15 is 0 Å². The van der Waals surface area contributed by atoms with Gasteiger partial charge in [0.1, 0.15) is 5.82 Å². The van der Waals surface area contributed by atoms with Gasteiger partial charge in [-0.3, -0.25) is 0 Å². The Balaban J connectivity index is 1.32. The molecular weight excluding hydrogens is 572 g/mol. The number of benzene rings is 3. The van der Waals surface area contributed by atoms with Crippen LogP contribution in [0.15, 0.2) is 86.4 Å². The Hall–Kier alpha value is -5.58. The highest BCUT2D eigenvalue weighted by molar-refractivity contribution is 5.89. The molecule has 0 atom stereocenters. The monoisotopic (exact) mass is 604 g/mol. The molecule has 6 aromatic rings. The van der Waals surface area contributed by atoms with Gasteiger partial charge in [0.15, 0.2) is 23.8 Å². The first-order valence-corrected chi connectivity index (χ1v) is 14.8. The smallest absolute Gasteiger partial charge is 0.453 e. The molecule has 3 aromatic carbocycles. The average Bonchev–Trinajstić information content (AvgIpc) is 3.80. The van der Waals surface area contributed by atoms with Gasteiger partial charge in [0.25, 0.3) is 0 Å². The predicted octanol–water partition coefficient (Wildman–Crippen LogP) is 6.17. The Morgan fingerprint density at radius 1 is 0.933 bits per heavy atom. The van der Waals surface area contributed by atoms with Gasteiger partial charge in [-0.25, -0.2) is 14.6 Å². The van der Waals surface area contributed by atoms with Gasteiger partial charge >= 0.3 is 11.8 Å². The molecule has 6 rings (SSSR count). The first-order valence-electron chi connectivity index (χ1n) is 14.8. The van der Waals surface area contributed by atoms with Gasteiger partial charge in [-0.2, -0.15) is 5.21 Å². The fraction of sp³-hybridized carbons (Fsp3) is 0.235. The molecule has 3 heterocycles. The van der Waals surface area contributed by atoms with Crippen LogP contribution >= 0.6 is 0 Å². The van der Waals surface area contributed by atoms with Gasteiger partial charge in [-0.1, -0.05) is 74.5 Å². The number of aryl methyl sites for hydroxylation is 3. The minimum atomic E-state index is -0.831. The van der Waals surface area contributed by atoms with Crippen LogP contribution in [0, 0.1) is 6.92 Å². The number of nitrogens with one attached hydrogen (secondary N) is 1. The number of H-pyrrole nitrogens is 1. The van der Waals surface area contributed by atoms with Crippen molar-refractivity contribution in [2.24, 2.45) is 0 Å². The summed E-state index contributed by atoms with van der Waals surface area (Å²) in [6.07, 6.45) is 2.13. The molecule has 0 aliphatic rings. The first kappa shape index (κ1) is 29.5. The largest absolute Gasteiger partial charge is 0.519 e. The maximum absolute atomic E-state index is 13.4. The molecule has 0 aliphatic carbocycles. The molecule has 3 aromatic heterocycles. The number of aromatic amines is 1. The summed E-state index contributed by atoms with van der Waals surface area (Å²) in [5.41, 5.74) is 7.04. The van der Waals surface area contributed by atoms with E-state index in [0.717, 1.165) is 45.6 Å². The molecule has 11 heteroatoms. The quantitative estimate of drug-likeness (QED) is 0.172. The van der Waals surface area contributed by atoms with E-state index in [4.69, 9.17) is 18.6 Å². The van der Waals surface area contributed by atoms with Gasteiger partial charge in [-0.15, -0.1) is 10.2 Å². The van der Waals surface area contributed by atoms with E-state index < -0.39 is 11.8 Å². The fourth-order valence-electron chi connectivity index (χ4n) is 5.36. The van der Waals surface area contributed by atoms with Crippen molar-refractivity contribution < 1.29 is 18.4 Å². The summed E-state index contributed by atoms with van der Waals surface area (Å²) in [7, 11) is 0. The van der Waals surface area contributed by atoms with Crippen molar-refractivity contribution in [2.75, 3.05) is 0 Å². The van der Waals surface area contributed by atoms with Crippen LogP contribution in [0.1, 0.15) is 59.4 Å². The number of rotatable bonds is 11. The summed E-state index contributed by atoms with van der Waals surface area (Å²) in [6.45, 7) is 5.83. The molecule has 0 unspecified atom stereocenters. The second-order valence-corrected chi connectivity index (χ2v) is 10.6. The highest BCUT2D eigenvalue weighted by atomic mass is 16.6. The maximum atomic E-state index is 13.4. The van der Waals surface area contributed by atoms with Crippen LogP contribution in [-0.4, -0.2) is 36.1 Å². The number of carbonyl (C=O) groups excluding carboxylic acids is 1. The fourth-order valence-corrected chi connectivity index (χ4v) is 5.36. The Bertz CT molecular complexity index is 1970. The second kappa shape index (κ2) is 13.0. The van der Waals surface area contributed by atoms with Crippen molar-refractivity contribution in [3.63, 3.8) is 0 Å². The second-order valence-electron chi connectivity index (χ2n) is 10.6. The number of ether oxygens (including phenoxy) is 1. The Morgan fingerprint density at radius 3 is 2.38 bits per heavy atom.